The molecular formula is C11H15ClN2O2. The van der Waals surface area contributed by atoms with E-state index < -0.39 is 0 Å². The number of nitrogens with zero attached hydrogens (tertiary/aromatic N) is 2. The van der Waals surface area contributed by atoms with E-state index >= 15 is 0 Å². The Morgan fingerprint density at radius 1 is 1.44 bits per heavy atom. The van der Waals surface area contributed by atoms with Gasteiger partial charge in [0.1, 0.15) is 6.61 Å². The SMILES string of the molecule is ClCc1cncc(OCC2CCCCO2)n1. The summed E-state index contributed by atoms with van der Waals surface area (Å²) < 4.78 is 11.1. The van der Waals surface area contributed by atoms with Crippen LogP contribution >= 0.6 is 11.6 Å². The molecule has 2 heterocycles. The Hall–Kier alpha value is -0.870. The molecule has 88 valence electrons. The molecule has 0 saturated carbocycles. The molecule has 1 aliphatic heterocycles. The molecule has 1 atom stereocenters. The minimum atomic E-state index is 0.190. The lowest BCUT2D eigenvalue weighted by atomic mass is 10.1. The summed E-state index contributed by atoms with van der Waals surface area (Å²) in [4.78, 5) is 8.21. The molecule has 1 aliphatic rings. The van der Waals surface area contributed by atoms with Crippen molar-refractivity contribution in [1.29, 1.82) is 0 Å². The fraction of sp³-hybridized carbons (Fsp3) is 0.636. The molecule has 5 heteroatoms. The van der Waals surface area contributed by atoms with Gasteiger partial charge in [-0.05, 0) is 19.3 Å². The molecule has 0 N–H and O–H groups in total. The summed E-state index contributed by atoms with van der Waals surface area (Å²) in [5.41, 5.74) is 0.726. The van der Waals surface area contributed by atoms with Gasteiger partial charge in [-0.3, -0.25) is 4.98 Å². The summed E-state index contributed by atoms with van der Waals surface area (Å²) >= 11 is 5.66. The molecule has 1 saturated heterocycles. The second kappa shape index (κ2) is 6.01. The summed E-state index contributed by atoms with van der Waals surface area (Å²) in [6, 6.07) is 0. The van der Waals surface area contributed by atoms with E-state index in [-0.39, 0.29) is 6.10 Å². The lowest BCUT2D eigenvalue weighted by Gasteiger charge is -2.22. The molecule has 16 heavy (non-hydrogen) atoms. The summed E-state index contributed by atoms with van der Waals surface area (Å²) in [6.45, 7) is 1.38. The topological polar surface area (TPSA) is 44.2 Å². The van der Waals surface area contributed by atoms with Gasteiger partial charge in [0, 0.05) is 12.8 Å². The Bertz CT molecular complexity index is 330. The van der Waals surface area contributed by atoms with Crippen LogP contribution in [0.1, 0.15) is 25.0 Å². The minimum absolute atomic E-state index is 0.190. The van der Waals surface area contributed by atoms with Crippen molar-refractivity contribution in [2.24, 2.45) is 0 Å². The lowest BCUT2D eigenvalue weighted by molar-refractivity contribution is -0.0120. The van der Waals surface area contributed by atoms with Crippen LogP contribution in [0.15, 0.2) is 12.4 Å². The highest BCUT2D eigenvalue weighted by Crippen LogP contribution is 2.14. The molecule has 1 fully saturated rings. The Balaban J connectivity index is 1.83. The number of hydrogen-bond acceptors (Lipinski definition) is 4. The molecule has 1 aromatic rings. The standard InChI is InChI=1S/C11H15ClN2O2/c12-5-9-6-13-7-11(14-9)16-8-10-3-1-2-4-15-10/h6-7,10H,1-5,8H2. The van der Waals surface area contributed by atoms with Crippen molar-refractivity contribution in [3.63, 3.8) is 0 Å². The van der Waals surface area contributed by atoms with Gasteiger partial charge in [-0.2, -0.15) is 0 Å². The maximum Gasteiger partial charge on any atom is 0.232 e. The molecule has 0 spiro atoms. The van der Waals surface area contributed by atoms with E-state index in [4.69, 9.17) is 21.1 Å². The van der Waals surface area contributed by atoms with Crippen LogP contribution in [0.4, 0.5) is 0 Å². The first-order chi connectivity index (χ1) is 7.88. The number of rotatable bonds is 4. The highest BCUT2D eigenvalue weighted by atomic mass is 35.5. The summed E-state index contributed by atoms with van der Waals surface area (Å²) in [7, 11) is 0. The summed E-state index contributed by atoms with van der Waals surface area (Å²) in [6.07, 6.45) is 6.84. The molecule has 0 aromatic carbocycles. The fourth-order valence-electron chi connectivity index (χ4n) is 1.64. The van der Waals surface area contributed by atoms with Crippen molar-refractivity contribution in [2.75, 3.05) is 13.2 Å². The lowest BCUT2D eigenvalue weighted by Crippen LogP contribution is -2.26. The van der Waals surface area contributed by atoms with Gasteiger partial charge in [-0.25, -0.2) is 4.98 Å². The average molecular weight is 243 g/mol. The van der Waals surface area contributed by atoms with Crippen LogP contribution in [0.2, 0.25) is 0 Å². The largest absolute Gasteiger partial charge is 0.474 e. The normalized spacial score (nSPS) is 20.7. The van der Waals surface area contributed by atoms with E-state index in [1.54, 1.807) is 12.4 Å². The number of aromatic nitrogens is 2. The first-order valence-corrected chi connectivity index (χ1v) is 6.03. The summed E-state index contributed by atoms with van der Waals surface area (Å²) in [5.74, 6) is 0.872. The Kier molecular flexibility index (Phi) is 4.36. The Morgan fingerprint density at radius 2 is 2.38 bits per heavy atom. The van der Waals surface area contributed by atoms with Crippen LogP contribution in [-0.4, -0.2) is 29.3 Å². The van der Waals surface area contributed by atoms with Crippen molar-refractivity contribution >= 4 is 11.6 Å². The number of ether oxygens (including phenoxy) is 2. The maximum absolute atomic E-state index is 5.66. The number of halogens is 1. The predicted molar refractivity (Wildman–Crippen MR) is 60.7 cm³/mol. The highest BCUT2D eigenvalue weighted by molar-refractivity contribution is 6.16. The van der Waals surface area contributed by atoms with Gasteiger partial charge < -0.3 is 9.47 Å². The van der Waals surface area contributed by atoms with Crippen molar-refractivity contribution in [3.8, 4) is 5.88 Å². The van der Waals surface area contributed by atoms with Crippen LogP contribution in [0, 0.1) is 0 Å². The number of alkyl halides is 1. The number of hydrogen-bond donors (Lipinski definition) is 0. The fourth-order valence-corrected chi connectivity index (χ4v) is 1.77. The van der Waals surface area contributed by atoms with Crippen molar-refractivity contribution in [2.45, 2.75) is 31.2 Å². The second-order valence-electron chi connectivity index (χ2n) is 3.78. The summed E-state index contributed by atoms with van der Waals surface area (Å²) in [5, 5.41) is 0. The van der Waals surface area contributed by atoms with Crippen LogP contribution < -0.4 is 4.74 Å². The van der Waals surface area contributed by atoms with Crippen LogP contribution in [0.25, 0.3) is 0 Å². The van der Waals surface area contributed by atoms with E-state index in [0.717, 1.165) is 25.1 Å². The van der Waals surface area contributed by atoms with Gasteiger partial charge in [0.15, 0.2) is 0 Å². The van der Waals surface area contributed by atoms with Gasteiger partial charge in [0.2, 0.25) is 5.88 Å². The van der Waals surface area contributed by atoms with Crippen LogP contribution in [0.3, 0.4) is 0 Å². The van der Waals surface area contributed by atoms with E-state index in [9.17, 15) is 0 Å². The van der Waals surface area contributed by atoms with Crippen molar-refractivity contribution < 1.29 is 9.47 Å². The van der Waals surface area contributed by atoms with Gasteiger partial charge in [-0.1, -0.05) is 0 Å². The molecule has 0 radical (unpaired) electrons. The van der Waals surface area contributed by atoms with E-state index in [2.05, 4.69) is 9.97 Å². The van der Waals surface area contributed by atoms with Crippen LogP contribution in [0.5, 0.6) is 5.88 Å². The van der Waals surface area contributed by atoms with Gasteiger partial charge in [0.05, 0.1) is 23.9 Å². The zero-order valence-corrected chi connectivity index (χ0v) is 9.82. The first kappa shape index (κ1) is 11.6. The molecule has 0 aliphatic carbocycles. The molecule has 1 unspecified atom stereocenters. The van der Waals surface area contributed by atoms with Crippen molar-refractivity contribution in [1.82, 2.24) is 9.97 Å². The minimum Gasteiger partial charge on any atom is -0.474 e. The zero-order valence-electron chi connectivity index (χ0n) is 9.06. The molecule has 0 amide bonds. The highest BCUT2D eigenvalue weighted by Gasteiger charge is 2.14. The van der Waals surface area contributed by atoms with E-state index in [0.29, 0.717) is 18.4 Å². The molecule has 2 rings (SSSR count). The third kappa shape index (κ3) is 3.32. The Labute approximate surface area is 99.9 Å². The smallest absolute Gasteiger partial charge is 0.232 e. The van der Waals surface area contributed by atoms with Crippen LogP contribution in [-0.2, 0) is 10.6 Å². The van der Waals surface area contributed by atoms with Gasteiger partial charge >= 0.3 is 0 Å². The van der Waals surface area contributed by atoms with Gasteiger partial charge in [-0.15, -0.1) is 11.6 Å². The Morgan fingerprint density at radius 3 is 3.12 bits per heavy atom. The quantitative estimate of drug-likeness (QED) is 0.759. The molecular weight excluding hydrogens is 228 g/mol. The molecule has 4 nitrogen and oxygen atoms in total. The second-order valence-corrected chi connectivity index (χ2v) is 4.05. The van der Waals surface area contributed by atoms with E-state index in [1.807, 2.05) is 0 Å². The van der Waals surface area contributed by atoms with E-state index in [1.165, 1.54) is 6.42 Å². The average Bonchev–Trinajstić information content (AvgIpc) is 2.38. The van der Waals surface area contributed by atoms with Gasteiger partial charge in [0.25, 0.3) is 0 Å². The molecule has 0 bridgehead atoms. The third-order valence-corrected chi connectivity index (χ3v) is 2.76. The first-order valence-electron chi connectivity index (χ1n) is 5.50. The zero-order chi connectivity index (χ0) is 11.2. The third-order valence-electron chi connectivity index (χ3n) is 2.49. The maximum atomic E-state index is 5.66. The molecule has 1 aromatic heterocycles. The monoisotopic (exact) mass is 242 g/mol. The predicted octanol–water partition coefficient (Wildman–Crippen LogP) is 2.16. The van der Waals surface area contributed by atoms with Crippen molar-refractivity contribution in [3.05, 3.63) is 18.1 Å².